The van der Waals surface area contributed by atoms with Crippen LogP contribution in [0.4, 0.5) is 0 Å². The summed E-state index contributed by atoms with van der Waals surface area (Å²) in [5.41, 5.74) is 0. The molecular formula is C8H17NO4S. The molecule has 0 aromatic rings. The summed E-state index contributed by atoms with van der Waals surface area (Å²) in [7, 11) is -1.76. The predicted molar refractivity (Wildman–Crippen MR) is 52.5 cm³/mol. The van der Waals surface area contributed by atoms with Gasteiger partial charge in [0.2, 0.25) is 10.0 Å². The Kier molecular flexibility index (Phi) is 4.31. The summed E-state index contributed by atoms with van der Waals surface area (Å²) >= 11 is 0. The highest BCUT2D eigenvalue weighted by molar-refractivity contribution is 7.89. The minimum Gasteiger partial charge on any atom is -0.392 e. The van der Waals surface area contributed by atoms with E-state index in [9.17, 15) is 13.5 Å². The molecule has 0 aliphatic carbocycles. The smallest absolute Gasteiger partial charge is 0.216 e. The maximum atomic E-state index is 11.6. The van der Waals surface area contributed by atoms with Crippen molar-refractivity contribution < 1.29 is 18.3 Å². The Balaban J connectivity index is 2.53. The zero-order valence-electron chi connectivity index (χ0n) is 8.35. The van der Waals surface area contributed by atoms with Gasteiger partial charge in [0.25, 0.3) is 0 Å². The second kappa shape index (κ2) is 5.06. The van der Waals surface area contributed by atoms with Crippen molar-refractivity contribution in [1.82, 2.24) is 4.31 Å². The third-order valence-corrected chi connectivity index (χ3v) is 4.10. The van der Waals surface area contributed by atoms with Gasteiger partial charge in [-0.2, -0.15) is 4.31 Å². The number of sulfonamides is 1. The van der Waals surface area contributed by atoms with E-state index in [0.29, 0.717) is 13.0 Å². The molecule has 0 aromatic heterocycles. The fourth-order valence-corrected chi connectivity index (χ4v) is 2.93. The van der Waals surface area contributed by atoms with E-state index >= 15 is 0 Å². The van der Waals surface area contributed by atoms with Crippen molar-refractivity contribution in [3.63, 3.8) is 0 Å². The molecule has 1 unspecified atom stereocenters. The summed E-state index contributed by atoms with van der Waals surface area (Å²) in [5, 5.41) is 9.33. The number of nitrogens with zero attached hydrogens (tertiary/aromatic N) is 1. The first-order chi connectivity index (χ1) is 6.56. The summed E-state index contributed by atoms with van der Waals surface area (Å²) in [6, 6.07) is 0. The molecule has 0 saturated carbocycles. The quantitative estimate of drug-likeness (QED) is 0.692. The predicted octanol–water partition coefficient (Wildman–Crippen LogP) is -0.581. The second-order valence-electron chi connectivity index (χ2n) is 3.46. The summed E-state index contributed by atoms with van der Waals surface area (Å²) in [6.45, 7) is 0.948. The van der Waals surface area contributed by atoms with E-state index in [1.54, 1.807) is 0 Å². The van der Waals surface area contributed by atoms with Crippen LogP contribution in [-0.2, 0) is 14.8 Å². The fraction of sp³-hybridized carbons (Fsp3) is 1.00. The Hall–Kier alpha value is -0.170. The number of rotatable bonds is 4. The van der Waals surface area contributed by atoms with Gasteiger partial charge in [-0.3, -0.25) is 0 Å². The van der Waals surface area contributed by atoms with E-state index in [4.69, 9.17) is 4.74 Å². The molecule has 0 aromatic carbocycles. The maximum Gasteiger partial charge on any atom is 0.216 e. The molecule has 0 spiro atoms. The number of piperidine rings is 1. The van der Waals surface area contributed by atoms with Gasteiger partial charge in [-0.25, -0.2) is 8.42 Å². The average molecular weight is 223 g/mol. The SMILES string of the molecule is COCCS(=O)(=O)N1CCCC(O)C1. The molecule has 1 heterocycles. The topological polar surface area (TPSA) is 66.8 Å². The minimum absolute atomic E-state index is 0.00375. The molecular weight excluding hydrogens is 206 g/mol. The van der Waals surface area contributed by atoms with Crippen molar-refractivity contribution in [3.8, 4) is 0 Å². The Morgan fingerprint density at radius 2 is 2.29 bits per heavy atom. The van der Waals surface area contributed by atoms with E-state index in [2.05, 4.69) is 0 Å². The van der Waals surface area contributed by atoms with E-state index in [0.717, 1.165) is 6.42 Å². The highest BCUT2D eigenvalue weighted by Gasteiger charge is 2.27. The summed E-state index contributed by atoms with van der Waals surface area (Å²) in [4.78, 5) is 0. The fourth-order valence-electron chi connectivity index (χ4n) is 1.49. The van der Waals surface area contributed by atoms with Crippen LogP contribution >= 0.6 is 0 Å². The first-order valence-electron chi connectivity index (χ1n) is 4.71. The first kappa shape index (κ1) is 11.9. The van der Waals surface area contributed by atoms with Crippen LogP contribution in [0.1, 0.15) is 12.8 Å². The van der Waals surface area contributed by atoms with E-state index in [1.165, 1.54) is 11.4 Å². The van der Waals surface area contributed by atoms with Crippen LogP contribution in [0.15, 0.2) is 0 Å². The summed E-state index contributed by atoms with van der Waals surface area (Å²) in [6.07, 6.45) is 0.907. The number of hydrogen-bond acceptors (Lipinski definition) is 4. The summed E-state index contributed by atoms with van der Waals surface area (Å²) in [5.74, 6) is -0.00375. The number of ether oxygens (including phenoxy) is 1. The van der Waals surface area contributed by atoms with Crippen molar-refractivity contribution in [2.24, 2.45) is 0 Å². The number of aliphatic hydroxyl groups excluding tert-OH is 1. The van der Waals surface area contributed by atoms with Crippen LogP contribution in [0.3, 0.4) is 0 Å². The highest BCUT2D eigenvalue weighted by atomic mass is 32.2. The Labute approximate surface area is 84.7 Å². The van der Waals surface area contributed by atoms with Crippen LogP contribution in [0, 0.1) is 0 Å². The largest absolute Gasteiger partial charge is 0.392 e. The van der Waals surface area contributed by atoms with E-state index in [1.807, 2.05) is 0 Å². The standard InChI is InChI=1S/C8H17NO4S/c1-13-5-6-14(11,12)9-4-2-3-8(10)7-9/h8,10H,2-7H2,1H3. The van der Waals surface area contributed by atoms with Crippen LogP contribution in [0.25, 0.3) is 0 Å². The second-order valence-corrected chi connectivity index (χ2v) is 5.55. The normalized spacial score (nSPS) is 25.1. The van der Waals surface area contributed by atoms with Gasteiger partial charge in [-0.05, 0) is 12.8 Å². The van der Waals surface area contributed by atoms with Gasteiger partial charge in [-0.1, -0.05) is 0 Å². The van der Waals surface area contributed by atoms with Crippen LogP contribution in [0.2, 0.25) is 0 Å². The molecule has 0 bridgehead atoms. The van der Waals surface area contributed by atoms with Crippen molar-refractivity contribution in [1.29, 1.82) is 0 Å². The molecule has 14 heavy (non-hydrogen) atoms. The van der Waals surface area contributed by atoms with Gasteiger partial charge < -0.3 is 9.84 Å². The van der Waals surface area contributed by atoms with Crippen LogP contribution in [0.5, 0.6) is 0 Å². The summed E-state index contributed by atoms with van der Waals surface area (Å²) < 4.78 is 29.3. The zero-order chi connectivity index (χ0) is 10.6. The Morgan fingerprint density at radius 3 is 2.86 bits per heavy atom. The molecule has 0 amide bonds. The van der Waals surface area contributed by atoms with Gasteiger partial charge in [0, 0.05) is 20.2 Å². The van der Waals surface area contributed by atoms with Gasteiger partial charge in [0.1, 0.15) is 0 Å². The lowest BCUT2D eigenvalue weighted by Gasteiger charge is -2.29. The highest BCUT2D eigenvalue weighted by Crippen LogP contribution is 2.13. The van der Waals surface area contributed by atoms with Crippen LogP contribution in [-0.4, -0.2) is 56.5 Å². The molecule has 1 saturated heterocycles. The number of methoxy groups -OCH3 is 1. The van der Waals surface area contributed by atoms with Gasteiger partial charge in [0.05, 0.1) is 18.5 Å². The molecule has 84 valence electrons. The van der Waals surface area contributed by atoms with Crippen molar-refractivity contribution >= 4 is 10.0 Å². The lowest BCUT2D eigenvalue weighted by atomic mass is 10.1. The Morgan fingerprint density at radius 1 is 1.57 bits per heavy atom. The molecule has 1 aliphatic heterocycles. The number of aliphatic hydroxyl groups is 1. The monoisotopic (exact) mass is 223 g/mol. The molecule has 1 aliphatic rings. The van der Waals surface area contributed by atoms with Gasteiger partial charge >= 0.3 is 0 Å². The molecule has 1 atom stereocenters. The van der Waals surface area contributed by atoms with Crippen LogP contribution < -0.4 is 0 Å². The Bertz CT molecular complexity index is 265. The maximum absolute atomic E-state index is 11.6. The number of hydrogen-bond donors (Lipinski definition) is 1. The third kappa shape index (κ3) is 3.20. The zero-order valence-corrected chi connectivity index (χ0v) is 9.16. The molecule has 5 nitrogen and oxygen atoms in total. The first-order valence-corrected chi connectivity index (χ1v) is 6.32. The lowest BCUT2D eigenvalue weighted by Crippen LogP contribution is -2.43. The minimum atomic E-state index is -3.23. The molecule has 1 fully saturated rings. The molecule has 1 N–H and O–H groups in total. The van der Waals surface area contributed by atoms with Crippen molar-refractivity contribution in [2.45, 2.75) is 18.9 Å². The third-order valence-electron chi connectivity index (χ3n) is 2.30. The molecule has 6 heteroatoms. The van der Waals surface area contributed by atoms with E-state index in [-0.39, 0.29) is 18.9 Å². The van der Waals surface area contributed by atoms with Crippen molar-refractivity contribution in [3.05, 3.63) is 0 Å². The van der Waals surface area contributed by atoms with Crippen molar-refractivity contribution in [2.75, 3.05) is 32.6 Å². The molecule has 0 radical (unpaired) electrons. The lowest BCUT2D eigenvalue weighted by molar-refractivity contribution is 0.107. The van der Waals surface area contributed by atoms with Gasteiger partial charge in [0.15, 0.2) is 0 Å². The van der Waals surface area contributed by atoms with Gasteiger partial charge in [-0.15, -0.1) is 0 Å². The number of β-amino-alcohol motifs (C(OH)–C–C–N with tert-alkyl or cyclic N) is 1. The average Bonchev–Trinajstić information content (AvgIpc) is 2.15. The molecule has 1 rings (SSSR count). The van der Waals surface area contributed by atoms with E-state index < -0.39 is 16.1 Å².